The molecule has 0 atom stereocenters. The normalized spacial score (nSPS) is 14.5. The van der Waals surface area contributed by atoms with E-state index in [9.17, 15) is 4.39 Å². The van der Waals surface area contributed by atoms with Crippen LogP contribution in [0.4, 0.5) is 15.8 Å². The molecule has 2 aromatic heterocycles. The molecule has 3 heterocycles. The number of hydrogen-bond acceptors (Lipinski definition) is 6. The highest BCUT2D eigenvalue weighted by molar-refractivity contribution is 6.33. The molecule has 39 heavy (non-hydrogen) atoms. The number of halogens is 2. The van der Waals surface area contributed by atoms with Gasteiger partial charge in [0, 0.05) is 24.4 Å². The van der Waals surface area contributed by atoms with Crippen LogP contribution >= 0.6 is 11.6 Å². The average Bonchev–Trinajstić information content (AvgIpc) is 3.38. The monoisotopic (exact) mass is 550 g/mol. The van der Waals surface area contributed by atoms with Gasteiger partial charge in [-0.15, -0.1) is 0 Å². The fourth-order valence-electron chi connectivity index (χ4n) is 4.97. The number of rotatable bonds is 8. The summed E-state index contributed by atoms with van der Waals surface area (Å²) < 4.78 is 26.7. The van der Waals surface area contributed by atoms with E-state index < -0.39 is 5.82 Å². The molecule has 0 saturated carbocycles. The maximum Gasteiger partial charge on any atom is 0.161 e. The van der Waals surface area contributed by atoms with Gasteiger partial charge < -0.3 is 25.8 Å². The zero-order valence-electron chi connectivity index (χ0n) is 22.2. The summed E-state index contributed by atoms with van der Waals surface area (Å²) in [7, 11) is 3.25. The number of ether oxygens (including phenoxy) is 2. The number of piperidine rings is 1. The SMILES string of the molecule is COc1cc(C)c(-c2cc3c(NCC4CCNCC4)c(/C(N)=N/c4cc(F)ccc4Cl)cnn3c2)cc1OC. The molecule has 10 heteroatoms. The number of nitrogens with two attached hydrogens (primary N) is 1. The molecule has 4 aromatic rings. The second-order valence-electron chi connectivity index (χ2n) is 9.68. The third kappa shape index (κ3) is 5.65. The van der Waals surface area contributed by atoms with Crippen LogP contribution in [0.3, 0.4) is 0 Å². The summed E-state index contributed by atoms with van der Waals surface area (Å²) >= 11 is 6.27. The van der Waals surface area contributed by atoms with Crippen molar-refractivity contribution in [1.82, 2.24) is 14.9 Å². The highest BCUT2D eigenvalue weighted by Gasteiger charge is 2.19. The van der Waals surface area contributed by atoms with Crippen molar-refractivity contribution in [2.24, 2.45) is 16.6 Å². The topological polar surface area (TPSA) is 98.2 Å². The second kappa shape index (κ2) is 11.5. The van der Waals surface area contributed by atoms with Crippen molar-refractivity contribution in [3.63, 3.8) is 0 Å². The van der Waals surface area contributed by atoms with Gasteiger partial charge in [0.15, 0.2) is 11.5 Å². The molecule has 0 radical (unpaired) electrons. The molecule has 8 nitrogen and oxygen atoms in total. The predicted molar refractivity (Wildman–Crippen MR) is 154 cm³/mol. The number of fused-ring (bicyclic) bond motifs is 1. The number of aliphatic imine (C=N–C) groups is 1. The number of methoxy groups -OCH3 is 2. The summed E-state index contributed by atoms with van der Waals surface area (Å²) in [5.41, 5.74) is 12.0. The standard InChI is InChI=1S/C29H32ClFN6O2/c1-17-10-26(38-2)27(39-3)13-21(17)19-11-25-28(34-14-18-6-8-33-9-7-18)22(15-35-37(25)16-19)29(32)36-24-12-20(31)4-5-23(24)30/h4-5,10-13,15-16,18,33-34H,6-9,14H2,1-3H3,(H2,32,36). The molecule has 2 aromatic carbocycles. The van der Waals surface area contributed by atoms with Gasteiger partial charge in [0.25, 0.3) is 0 Å². The summed E-state index contributed by atoms with van der Waals surface area (Å²) in [5, 5.41) is 12.0. The van der Waals surface area contributed by atoms with E-state index in [1.54, 1.807) is 20.4 Å². The third-order valence-corrected chi connectivity index (χ3v) is 7.45. The summed E-state index contributed by atoms with van der Waals surface area (Å²) in [4.78, 5) is 4.47. The maximum absolute atomic E-state index is 13.9. The largest absolute Gasteiger partial charge is 0.493 e. The number of hydrogen-bond donors (Lipinski definition) is 3. The Balaban J connectivity index is 1.61. The number of nitrogens with one attached hydrogen (secondary N) is 2. The van der Waals surface area contributed by atoms with Gasteiger partial charge in [-0.3, -0.25) is 0 Å². The Labute approximate surface area is 232 Å². The van der Waals surface area contributed by atoms with Crippen molar-refractivity contribution in [2.45, 2.75) is 19.8 Å². The summed E-state index contributed by atoms with van der Waals surface area (Å²) in [6, 6.07) is 10.0. The Morgan fingerprint density at radius 2 is 1.92 bits per heavy atom. The van der Waals surface area contributed by atoms with Crippen LogP contribution < -0.4 is 25.8 Å². The fourth-order valence-corrected chi connectivity index (χ4v) is 5.13. The Morgan fingerprint density at radius 3 is 2.67 bits per heavy atom. The van der Waals surface area contributed by atoms with Crippen molar-refractivity contribution in [3.05, 3.63) is 70.8 Å². The Morgan fingerprint density at radius 1 is 1.18 bits per heavy atom. The highest BCUT2D eigenvalue weighted by atomic mass is 35.5. The third-order valence-electron chi connectivity index (χ3n) is 7.13. The van der Waals surface area contributed by atoms with Crippen LogP contribution in [-0.4, -0.2) is 49.3 Å². The Kier molecular flexibility index (Phi) is 7.90. The average molecular weight is 551 g/mol. The molecule has 1 aliphatic rings. The molecule has 204 valence electrons. The van der Waals surface area contributed by atoms with Gasteiger partial charge in [0.2, 0.25) is 0 Å². The zero-order chi connectivity index (χ0) is 27.5. The van der Waals surface area contributed by atoms with Crippen molar-refractivity contribution < 1.29 is 13.9 Å². The molecule has 4 N–H and O–H groups in total. The van der Waals surface area contributed by atoms with Gasteiger partial charge in [-0.25, -0.2) is 13.9 Å². The van der Waals surface area contributed by atoms with Crippen LogP contribution in [0, 0.1) is 18.7 Å². The first-order chi connectivity index (χ1) is 18.9. The Hall–Kier alpha value is -3.82. The lowest BCUT2D eigenvalue weighted by Gasteiger charge is -2.24. The summed E-state index contributed by atoms with van der Waals surface area (Å²) in [5.74, 6) is 1.59. The van der Waals surface area contributed by atoms with Crippen LogP contribution in [0.15, 0.2) is 53.8 Å². The number of anilines is 1. The molecule has 0 amide bonds. The molecule has 0 spiro atoms. The smallest absolute Gasteiger partial charge is 0.161 e. The van der Waals surface area contributed by atoms with Crippen LogP contribution in [-0.2, 0) is 0 Å². The van der Waals surface area contributed by atoms with Gasteiger partial charge in [0.1, 0.15) is 11.7 Å². The van der Waals surface area contributed by atoms with Crippen LogP contribution in [0.2, 0.25) is 5.02 Å². The number of nitrogens with zero attached hydrogens (tertiary/aromatic N) is 3. The Bertz CT molecular complexity index is 1530. The second-order valence-corrected chi connectivity index (χ2v) is 10.1. The summed E-state index contributed by atoms with van der Waals surface area (Å²) in [6.07, 6.45) is 5.82. The zero-order valence-corrected chi connectivity index (χ0v) is 23.0. The van der Waals surface area contributed by atoms with Crippen molar-refractivity contribution in [2.75, 3.05) is 39.2 Å². The summed E-state index contributed by atoms with van der Waals surface area (Å²) in [6.45, 7) is 4.81. The maximum atomic E-state index is 13.9. The number of benzene rings is 2. The van der Waals surface area contributed by atoms with Gasteiger partial charge in [0.05, 0.1) is 47.9 Å². The molecule has 1 fully saturated rings. The number of aromatic nitrogens is 2. The van der Waals surface area contributed by atoms with Crippen molar-refractivity contribution in [3.8, 4) is 22.6 Å². The molecular formula is C29H32ClFN6O2. The first kappa shape index (κ1) is 26.8. The molecule has 0 aliphatic carbocycles. The minimum absolute atomic E-state index is 0.190. The van der Waals surface area contributed by atoms with E-state index in [1.165, 1.54) is 18.2 Å². The van der Waals surface area contributed by atoms with Crippen LogP contribution in [0.5, 0.6) is 11.5 Å². The van der Waals surface area contributed by atoms with Crippen LogP contribution in [0.25, 0.3) is 16.6 Å². The van der Waals surface area contributed by atoms with E-state index >= 15 is 0 Å². The van der Waals surface area contributed by atoms with Gasteiger partial charge >= 0.3 is 0 Å². The first-order valence-electron chi connectivity index (χ1n) is 12.9. The van der Waals surface area contributed by atoms with E-state index in [1.807, 2.05) is 29.8 Å². The van der Waals surface area contributed by atoms with E-state index in [-0.39, 0.29) is 11.5 Å². The lowest BCUT2D eigenvalue weighted by molar-refractivity contribution is 0.355. The van der Waals surface area contributed by atoms with E-state index in [0.29, 0.717) is 28.0 Å². The molecule has 0 bridgehead atoms. The predicted octanol–water partition coefficient (Wildman–Crippen LogP) is 5.57. The van der Waals surface area contributed by atoms with Gasteiger partial charge in [-0.1, -0.05) is 11.6 Å². The molecular weight excluding hydrogens is 519 g/mol. The van der Waals surface area contributed by atoms with E-state index in [4.69, 9.17) is 26.8 Å². The molecule has 0 unspecified atom stereocenters. The molecule has 5 rings (SSSR count). The van der Waals surface area contributed by atoms with Gasteiger partial charge in [-0.05, 0) is 80.2 Å². The van der Waals surface area contributed by atoms with Crippen molar-refractivity contribution in [1.29, 1.82) is 0 Å². The van der Waals surface area contributed by atoms with Crippen LogP contribution in [0.1, 0.15) is 24.0 Å². The minimum Gasteiger partial charge on any atom is -0.493 e. The first-order valence-corrected chi connectivity index (χ1v) is 13.2. The lowest BCUT2D eigenvalue weighted by atomic mass is 9.98. The van der Waals surface area contributed by atoms with Gasteiger partial charge in [-0.2, -0.15) is 5.10 Å². The van der Waals surface area contributed by atoms with E-state index in [2.05, 4.69) is 26.8 Å². The molecule has 1 aliphatic heterocycles. The quantitative estimate of drug-likeness (QED) is 0.196. The lowest BCUT2D eigenvalue weighted by Crippen LogP contribution is -2.31. The van der Waals surface area contributed by atoms with Crippen molar-refractivity contribution >= 4 is 34.3 Å². The number of amidine groups is 1. The highest BCUT2D eigenvalue weighted by Crippen LogP contribution is 2.37. The van der Waals surface area contributed by atoms with E-state index in [0.717, 1.165) is 60.4 Å². The molecule has 1 saturated heterocycles. The minimum atomic E-state index is -0.440. The number of aryl methyl sites for hydroxylation is 1. The fraction of sp³-hybridized carbons (Fsp3) is 0.310.